The zero-order chi connectivity index (χ0) is 21.5. The lowest BCUT2D eigenvalue weighted by Gasteiger charge is -2.22. The molecule has 1 aliphatic rings. The third-order valence-electron chi connectivity index (χ3n) is 5.07. The molecule has 0 spiro atoms. The summed E-state index contributed by atoms with van der Waals surface area (Å²) in [6.45, 7) is 0.493. The van der Waals surface area contributed by atoms with E-state index < -0.39 is 0 Å². The van der Waals surface area contributed by atoms with Crippen LogP contribution in [0.5, 0.6) is 0 Å². The van der Waals surface area contributed by atoms with Gasteiger partial charge in [-0.3, -0.25) is 4.79 Å². The van der Waals surface area contributed by atoms with Crippen LogP contribution in [-0.4, -0.2) is 36.3 Å². The monoisotopic (exact) mass is 471 g/mol. The standard InChI is InChI=1S/C22H26BrN5O2/c1-26-11-16(10-24)15-9-18(21(25)27-12-15)22(29)28-19-6-3-7-20(19)30-13-14-4-2-5-17(23)8-14/h2,4-5,8-12,19-20,24,26H,3,6-7,13H2,1H3,(H2,25,27)(H,28,29)/b16-11+,24-10?/t19?,20-/m0/s1. The molecule has 1 aliphatic carbocycles. The molecule has 1 heterocycles. The zero-order valence-corrected chi connectivity index (χ0v) is 18.4. The van der Waals surface area contributed by atoms with Crippen molar-refractivity contribution in [3.05, 3.63) is 63.9 Å². The minimum atomic E-state index is -0.279. The third kappa shape index (κ3) is 5.46. The van der Waals surface area contributed by atoms with E-state index >= 15 is 0 Å². The van der Waals surface area contributed by atoms with Gasteiger partial charge in [0.15, 0.2) is 0 Å². The molecule has 0 aliphatic heterocycles. The van der Waals surface area contributed by atoms with Crippen molar-refractivity contribution in [2.24, 2.45) is 0 Å². The molecule has 0 bridgehead atoms. The average Bonchev–Trinajstić information content (AvgIpc) is 3.18. The van der Waals surface area contributed by atoms with E-state index in [2.05, 4.69) is 31.5 Å². The van der Waals surface area contributed by atoms with E-state index in [4.69, 9.17) is 15.9 Å². The number of nitrogens with one attached hydrogen (secondary N) is 3. The molecule has 1 saturated carbocycles. The summed E-state index contributed by atoms with van der Waals surface area (Å²) < 4.78 is 7.12. The molecule has 1 unspecified atom stereocenters. The van der Waals surface area contributed by atoms with Crippen LogP contribution in [-0.2, 0) is 11.3 Å². The molecule has 8 heteroatoms. The normalized spacial score (nSPS) is 18.8. The Hall–Kier alpha value is -2.71. The fourth-order valence-corrected chi connectivity index (χ4v) is 3.99. The number of ether oxygens (including phenoxy) is 1. The van der Waals surface area contributed by atoms with Crippen molar-refractivity contribution in [1.29, 1.82) is 5.41 Å². The van der Waals surface area contributed by atoms with E-state index in [1.165, 1.54) is 6.21 Å². The van der Waals surface area contributed by atoms with Crippen molar-refractivity contribution in [1.82, 2.24) is 15.6 Å². The summed E-state index contributed by atoms with van der Waals surface area (Å²) >= 11 is 3.47. The number of carbonyl (C=O) groups is 1. The first-order valence-corrected chi connectivity index (χ1v) is 10.6. The van der Waals surface area contributed by atoms with Crippen LogP contribution in [0.15, 0.2) is 47.2 Å². The minimum Gasteiger partial charge on any atom is -0.393 e. The maximum atomic E-state index is 12.9. The molecule has 30 heavy (non-hydrogen) atoms. The maximum absolute atomic E-state index is 12.9. The van der Waals surface area contributed by atoms with E-state index in [0.29, 0.717) is 23.3 Å². The molecule has 5 N–H and O–H groups in total. The Morgan fingerprint density at radius 1 is 1.40 bits per heavy atom. The van der Waals surface area contributed by atoms with Crippen LogP contribution < -0.4 is 16.4 Å². The van der Waals surface area contributed by atoms with Gasteiger partial charge in [0.1, 0.15) is 5.82 Å². The number of nitrogens with two attached hydrogens (primary N) is 1. The fraction of sp³-hybridized carbons (Fsp3) is 0.318. The number of aromatic nitrogens is 1. The number of allylic oxidation sites excluding steroid dienone is 1. The molecule has 2 aromatic rings. The number of hydrogen-bond donors (Lipinski definition) is 4. The number of anilines is 1. The molecule has 0 radical (unpaired) electrons. The van der Waals surface area contributed by atoms with Crippen LogP contribution in [0.25, 0.3) is 5.57 Å². The first-order chi connectivity index (χ1) is 14.5. The lowest BCUT2D eigenvalue weighted by Crippen LogP contribution is -2.41. The van der Waals surface area contributed by atoms with Crippen LogP contribution in [0.1, 0.15) is 40.7 Å². The highest BCUT2D eigenvalue weighted by atomic mass is 79.9. The third-order valence-corrected chi connectivity index (χ3v) is 5.57. The van der Waals surface area contributed by atoms with E-state index in [1.54, 1.807) is 25.5 Å². The molecule has 7 nitrogen and oxygen atoms in total. The van der Waals surface area contributed by atoms with Gasteiger partial charge in [0.05, 0.1) is 24.3 Å². The molecular formula is C22H26BrN5O2. The summed E-state index contributed by atoms with van der Waals surface area (Å²) in [6.07, 6.45) is 7.12. The summed E-state index contributed by atoms with van der Waals surface area (Å²) in [7, 11) is 1.75. The smallest absolute Gasteiger partial charge is 0.255 e. The second kappa shape index (κ2) is 10.4. The molecule has 0 saturated heterocycles. The van der Waals surface area contributed by atoms with Crippen LogP contribution >= 0.6 is 15.9 Å². The van der Waals surface area contributed by atoms with Crippen molar-refractivity contribution in [2.45, 2.75) is 38.0 Å². The Balaban J connectivity index is 1.68. The van der Waals surface area contributed by atoms with E-state index in [0.717, 1.165) is 29.3 Å². The highest BCUT2D eigenvalue weighted by Crippen LogP contribution is 2.25. The van der Waals surface area contributed by atoms with Gasteiger partial charge in [-0.15, -0.1) is 0 Å². The first kappa shape index (κ1) is 22.0. The van der Waals surface area contributed by atoms with Gasteiger partial charge in [0.2, 0.25) is 0 Å². The topological polar surface area (TPSA) is 113 Å². The highest BCUT2D eigenvalue weighted by molar-refractivity contribution is 9.10. The molecule has 158 valence electrons. The first-order valence-electron chi connectivity index (χ1n) is 9.82. The van der Waals surface area contributed by atoms with E-state index in [-0.39, 0.29) is 23.9 Å². The number of nitrogen functional groups attached to an aromatic ring is 1. The van der Waals surface area contributed by atoms with Gasteiger partial charge in [-0.25, -0.2) is 4.98 Å². The van der Waals surface area contributed by atoms with Crippen LogP contribution in [0.4, 0.5) is 5.82 Å². The highest BCUT2D eigenvalue weighted by Gasteiger charge is 2.30. The van der Waals surface area contributed by atoms with Gasteiger partial charge in [-0.1, -0.05) is 28.1 Å². The molecular weight excluding hydrogens is 446 g/mol. The van der Waals surface area contributed by atoms with Gasteiger partial charge >= 0.3 is 0 Å². The van der Waals surface area contributed by atoms with Gasteiger partial charge in [0, 0.05) is 41.3 Å². The minimum absolute atomic E-state index is 0.0494. The molecule has 1 aromatic heterocycles. The van der Waals surface area contributed by atoms with Gasteiger partial charge in [-0.2, -0.15) is 0 Å². The summed E-state index contributed by atoms with van der Waals surface area (Å²) in [4.78, 5) is 17.1. The van der Waals surface area contributed by atoms with Crippen molar-refractivity contribution in [2.75, 3.05) is 12.8 Å². The lowest BCUT2D eigenvalue weighted by atomic mass is 10.1. The Kier molecular flexibility index (Phi) is 7.59. The number of rotatable bonds is 8. The van der Waals surface area contributed by atoms with Crippen molar-refractivity contribution in [3.63, 3.8) is 0 Å². The molecule has 2 atom stereocenters. The van der Waals surface area contributed by atoms with Gasteiger partial charge < -0.3 is 26.5 Å². The van der Waals surface area contributed by atoms with Crippen molar-refractivity contribution >= 4 is 39.4 Å². The Bertz CT molecular complexity index is 947. The van der Waals surface area contributed by atoms with Crippen LogP contribution in [0, 0.1) is 5.41 Å². The SMILES string of the molecule is CN/C=C(\C=N)c1cnc(N)c(C(=O)NC2CCC[C@@H]2OCc2cccc(Br)c2)c1. The number of benzene rings is 1. The van der Waals surface area contributed by atoms with Crippen molar-refractivity contribution in [3.8, 4) is 0 Å². The van der Waals surface area contributed by atoms with Crippen molar-refractivity contribution < 1.29 is 9.53 Å². The molecule has 3 rings (SSSR count). The Labute approximate surface area is 184 Å². The Morgan fingerprint density at radius 2 is 2.23 bits per heavy atom. The predicted octanol–water partition coefficient (Wildman–Crippen LogP) is 3.50. The number of nitrogens with zero attached hydrogens (tertiary/aromatic N) is 1. The fourth-order valence-electron chi connectivity index (χ4n) is 3.55. The van der Waals surface area contributed by atoms with E-state index in [9.17, 15) is 4.79 Å². The summed E-state index contributed by atoms with van der Waals surface area (Å²) in [5.74, 6) is -0.117. The second-order valence-corrected chi connectivity index (χ2v) is 8.10. The number of amides is 1. The van der Waals surface area contributed by atoms with Crippen LogP contribution in [0.3, 0.4) is 0 Å². The maximum Gasteiger partial charge on any atom is 0.255 e. The summed E-state index contributed by atoms with van der Waals surface area (Å²) in [5.41, 5.74) is 8.60. The number of hydrogen-bond acceptors (Lipinski definition) is 6. The largest absolute Gasteiger partial charge is 0.393 e. The molecule has 1 amide bonds. The van der Waals surface area contributed by atoms with Gasteiger partial charge in [0.25, 0.3) is 5.91 Å². The van der Waals surface area contributed by atoms with E-state index in [1.807, 2.05) is 24.3 Å². The Morgan fingerprint density at radius 3 is 2.97 bits per heavy atom. The zero-order valence-electron chi connectivity index (χ0n) is 16.8. The second-order valence-electron chi connectivity index (χ2n) is 7.18. The van der Waals surface area contributed by atoms with Crippen LogP contribution in [0.2, 0.25) is 0 Å². The molecule has 1 aromatic carbocycles. The number of carbonyl (C=O) groups excluding carboxylic acids is 1. The average molecular weight is 472 g/mol. The number of halogens is 1. The lowest BCUT2D eigenvalue weighted by molar-refractivity contribution is 0.0272. The quantitative estimate of drug-likeness (QED) is 0.440. The summed E-state index contributed by atoms with van der Waals surface area (Å²) in [5, 5.41) is 13.5. The number of pyridine rings is 1. The van der Waals surface area contributed by atoms with Gasteiger partial charge in [-0.05, 0) is 43.0 Å². The molecule has 1 fully saturated rings. The predicted molar refractivity (Wildman–Crippen MR) is 122 cm³/mol. The summed E-state index contributed by atoms with van der Waals surface area (Å²) in [6, 6.07) is 9.58.